The van der Waals surface area contributed by atoms with Gasteiger partial charge in [-0.2, -0.15) is 4.31 Å². The van der Waals surface area contributed by atoms with Crippen LogP contribution in [0.25, 0.3) is 0 Å². The second-order valence-corrected chi connectivity index (χ2v) is 8.89. The third-order valence-corrected chi connectivity index (χ3v) is 7.33. The number of hydrogen-bond donors (Lipinski definition) is 0. The van der Waals surface area contributed by atoms with Crippen LogP contribution in [0.5, 0.6) is 0 Å². The summed E-state index contributed by atoms with van der Waals surface area (Å²) in [5.74, 6) is 0.384. The normalized spacial score (nSPS) is 26.5. The van der Waals surface area contributed by atoms with Crippen molar-refractivity contribution in [1.29, 1.82) is 0 Å². The monoisotopic (exact) mass is 337 g/mol. The highest BCUT2D eigenvalue weighted by Gasteiger charge is 2.36. The number of rotatable bonds is 4. The van der Waals surface area contributed by atoms with E-state index in [0.29, 0.717) is 19.8 Å². The molecule has 2 fully saturated rings. The molecule has 0 radical (unpaired) electrons. The molecule has 2 aliphatic heterocycles. The van der Waals surface area contributed by atoms with Gasteiger partial charge in [0.25, 0.3) is 0 Å². The maximum absolute atomic E-state index is 13.0. The minimum Gasteiger partial charge on any atom is -0.381 e. The first-order chi connectivity index (χ1) is 11.0. The highest BCUT2D eigenvalue weighted by atomic mass is 32.2. The van der Waals surface area contributed by atoms with Crippen LogP contribution in [0, 0.1) is 19.8 Å². The Hall–Kier alpha value is -0.910. The Morgan fingerprint density at radius 3 is 2.78 bits per heavy atom. The SMILES string of the molecule is Cc1cccc(C2CCCCN2S(=O)(=O)CC2CCOC2)c1C. The standard InChI is InChI=1S/C18H27NO3S/c1-14-6-5-7-17(15(14)2)18-8-3-4-10-19(18)23(20,21)13-16-9-11-22-12-16/h5-7,16,18H,3-4,8-13H2,1-2H3. The molecule has 0 aliphatic carbocycles. The summed E-state index contributed by atoms with van der Waals surface area (Å²) >= 11 is 0. The summed E-state index contributed by atoms with van der Waals surface area (Å²) in [5, 5.41) is 0. The quantitative estimate of drug-likeness (QED) is 0.847. The predicted octanol–water partition coefficient (Wildman–Crippen LogP) is 3.20. The molecule has 2 unspecified atom stereocenters. The lowest BCUT2D eigenvalue weighted by Crippen LogP contribution is -2.41. The number of aryl methyl sites for hydroxylation is 1. The Balaban J connectivity index is 1.87. The van der Waals surface area contributed by atoms with Crippen molar-refractivity contribution in [2.45, 2.75) is 45.6 Å². The summed E-state index contributed by atoms with van der Waals surface area (Å²) in [7, 11) is -3.24. The Labute approximate surface area is 139 Å². The van der Waals surface area contributed by atoms with Crippen LogP contribution in [-0.4, -0.2) is 38.2 Å². The minimum atomic E-state index is -3.24. The molecule has 0 bridgehead atoms. The number of ether oxygens (including phenoxy) is 1. The van der Waals surface area contributed by atoms with E-state index in [1.165, 1.54) is 16.7 Å². The zero-order valence-corrected chi connectivity index (χ0v) is 14.9. The van der Waals surface area contributed by atoms with Crippen LogP contribution in [0.3, 0.4) is 0 Å². The van der Waals surface area contributed by atoms with Gasteiger partial charge in [-0.1, -0.05) is 24.6 Å². The lowest BCUT2D eigenvalue weighted by molar-refractivity contribution is 0.188. The van der Waals surface area contributed by atoms with Crippen molar-refractivity contribution in [1.82, 2.24) is 4.31 Å². The summed E-state index contributed by atoms with van der Waals surface area (Å²) in [6.07, 6.45) is 3.84. The molecule has 3 rings (SSSR count). The fraction of sp³-hybridized carbons (Fsp3) is 0.667. The van der Waals surface area contributed by atoms with Crippen LogP contribution in [0.15, 0.2) is 18.2 Å². The zero-order valence-electron chi connectivity index (χ0n) is 14.1. The van der Waals surface area contributed by atoms with Crippen molar-refractivity contribution in [2.75, 3.05) is 25.5 Å². The maximum Gasteiger partial charge on any atom is 0.215 e. The second-order valence-electron chi connectivity index (χ2n) is 6.92. The van der Waals surface area contributed by atoms with Crippen LogP contribution in [-0.2, 0) is 14.8 Å². The van der Waals surface area contributed by atoms with E-state index in [-0.39, 0.29) is 17.7 Å². The van der Waals surface area contributed by atoms with Gasteiger partial charge in [0.2, 0.25) is 10.0 Å². The van der Waals surface area contributed by atoms with E-state index >= 15 is 0 Å². The third kappa shape index (κ3) is 3.62. The first-order valence-corrected chi connectivity index (χ1v) is 10.2. The molecule has 2 saturated heterocycles. The van der Waals surface area contributed by atoms with Gasteiger partial charge in [-0.3, -0.25) is 0 Å². The number of sulfonamides is 1. The van der Waals surface area contributed by atoms with E-state index in [1.54, 1.807) is 4.31 Å². The molecule has 0 saturated carbocycles. The molecule has 128 valence electrons. The van der Waals surface area contributed by atoms with Gasteiger partial charge in [0.15, 0.2) is 0 Å². The molecule has 2 aliphatic rings. The molecule has 4 nitrogen and oxygen atoms in total. The highest BCUT2D eigenvalue weighted by Crippen LogP contribution is 2.36. The van der Waals surface area contributed by atoms with E-state index in [4.69, 9.17) is 4.74 Å². The lowest BCUT2D eigenvalue weighted by Gasteiger charge is -2.36. The summed E-state index contributed by atoms with van der Waals surface area (Å²) < 4.78 is 33.1. The average Bonchev–Trinajstić information content (AvgIpc) is 3.02. The molecule has 23 heavy (non-hydrogen) atoms. The van der Waals surface area contributed by atoms with Crippen molar-refractivity contribution in [2.24, 2.45) is 5.92 Å². The molecule has 1 aromatic carbocycles. The summed E-state index contributed by atoms with van der Waals surface area (Å²) in [6.45, 7) is 6.13. The largest absolute Gasteiger partial charge is 0.381 e. The van der Waals surface area contributed by atoms with Gasteiger partial charge in [0, 0.05) is 19.2 Å². The summed E-state index contributed by atoms with van der Waals surface area (Å²) in [4.78, 5) is 0. The fourth-order valence-corrected chi connectivity index (χ4v) is 5.86. The van der Waals surface area contributed by atoms with Gasteiger partial charge in [-0.05, 0) is 55.7 Å². The Morgan fingerprint density at radius 1 is 1.22 bits per heavy atom. The molecule has 1 aromatic rings. The van der Waals surface area contributed by atoms with E-state index in [1.807, 2.05) is 6.07 Å². The number of hydrogen-bond acceptors (Lipinski definition) is 3. The van der Waals surface area contributed by atoms with Gasteiger partial charge in [-0.15, -0.1) is 0 Å². The Bertz CT molecular complexity index is 650. The van der Waals surface area contributed by atoms with Gasteiger partial charge < -0.3 is 4.74 Å². The lowest BCUT2D eigenvalue weighted by atomic mass is 9.92. The van der Waals surface area contributed by atoms with E-state index in [0.717, 1.165) is 25.7 Å². The Kier molecular flexibility index (Phi) is 5.09. The molecule has 2 atom stereocenters. The highest BCUT2D eigenvalue weighted by molar-refractivity contribution is 7.89. The maximum atomic E-state index is 13.0. The second kappa shape index (κ2) is 6.91. The van der Waals surface area contributed by atoms with Gasteiger partial charge in [0.1, 0.15) is 0 Å². The van der Waals surface area contributed by atoms with Gasteiger partial charge in [0.05, 0.1) is 12.4 Å². The van der Waals surface area contributed by atoms with E-state index < -0.39 is 10.0 Å². The molecule has 0 spiro atoms. The zero-order chi connectivity index (χ0) is 16.4. The van der Waals surface area contributed by atoms with Crippen molar-refractivity contribution in [3.63, 3.8) is 0 Å². The number of piperidine rings is 1. The first kappa shape index (κ1) is 16.9. The molecular weight excluding hydrogens is 310 g/mol. The summed E-state index contributed by atoms with van der Waals surface area (Å²) in [5.41, 5.74) is 3.63. The van der Waals surface area contributed by atoms with E-state index in [2.05, 4.69) is 26.0 Å². The van der Waals surface area contributed by atoms with Crippen molar-refractivity contribution in [3.05, 3.63) is 34.9 Å². The predicted molar refractivity (Wildman–Crippen MR) is 91.9 cm³/mol. The van der Waals surface area contributed by atoms with Crippen LogP contribution in [0.4, 0.5) is 0 Å². The number of nitrogens with zero attached hydrogens (tertiary/aromatic N) is 1. The number of benzene rings is 1. The summed E-state index contributed by atoms with van der Waals surface area (Å²) in [6, 6.07) is 6.23. The average molecular weight is 337 g/mol. The minimum absolute atomic E-state index is 0.00373. The van der Waals surface area contributed by atoms with Crippen molar-refractivity contribution < 1.29 is 13.2 Å². The third-order valence-electron chi connectivity index (χ3n) is 5.29. The van der Waals surface area contributed by atoms with Gasteiger partial charge >= 0.3 is 0 Å². The molecule has 0 amide bonds. The van der Waals surface area contributed by atoms with Crippen LogP contribution >= 0.6 is 0 Å². The van der Waals surface area contributed by atoms with Crippen LogP contribution in [0.2, 0.25) is 0 Å². The van der Waals surface area contributed by atoms with Crippen LogP contribution < -0.4 is 0 Å². The van der Waals surface area contributed by atoms with E-state index in [9.17, 15) is 8.42 Å². The fourth-order valence-electron chi connectivity index (χ4n) is 3.79. The molecular formula is C18H27NO3S. The first-order valence-electron chi connectivity index (χ1n) is 8.62. The molecule has 0 aromatic heterocycles. The van der Waals surface area contributed by atoms with Crippen molar-refractivity contribution >= 4 is 10.0 Å². The van der Waals surface area contributed by atoms with Crippen molar-refractivity contribution in [3.8, 4) is 0 Å². The smallest absolute Gasteiger partial charge is 0.215 e. The topological polar surface area (TPSA) is 46.6 Å². The molecule has 0 N–H and O–H groups in total. The van der Waals surface area contributed by atoms with Gasteiger partial charge in [-0.25, -0.2) is 8.42 Å². The van der Waals surface area contributed by atoms with Crippen LogP contribution in [0.1, 0.15) is 48.4 Å². The molecule has 5 heteroatoms. The molecule has 2 heterocycles. The Morgan fingerprint density at radius 2 is 2.04 bits per heavy atom.